The topological polar surface area (TPSA) is 85.4 Å². The second-order valence-electron chi connectivity index (χ2n) is 4.54. The van der Waals surface area contributed by atoms with Crippen molar-refractivity contribution in [1.29, 1.82) is 0 Å². The molecule has 7 heteroatoms. The first kappa shape index (κ1) is 15.1. The molecular formula is C14H13ClN2O4. The molecule has 0 unspecified atom stereocenters. The van der Waals surface area contributed by atoms with Crippen molar-refractivity contribution in [3.8, 4) is 0 Å². The van der Waals surface area contributed by atoms with Gasteiger partial charge in [0.1, 0.15) is 16.5 Å². The molecule has 0 saturated carbocycles. The standard InChI is InChI=1S/C14H13ClN2O4/c1-8-5-11(9(2)21-8)7-16-14(18)10-3-4-12(15)13(6-10)17(19)20/h3-6H,7H2,1-2H3,(H,16,18). The number of carbonyl (C=O) groups is 1. The zero-order valence-electron chi connectivity index (χ0n) is 11.5. The highest BCUT2D eigenvalue weighted by molar-refractivity contribution is 6.32. The van der Waals surface area contributed by atoms with Crippen LogP contribution in [0.25, 0.3) is 0 Å². The Hall–Kier alpha value is -2.34. The summed E-state index contributed by atoms with van der Waals surface area (Å²) in [6.45, 7) is 3.92. The number of nitrogens with zero attached hydrogens (tertiary/aromatic N) is 1. The van der Waals surface area contributed by atoms with Gasteiger partial charge in [0, 0.05) is 23.7 Å². The molecule has 1 amide bonds. The van der Waals surface area contributed by atoms with Crippen LogP contribution in [0.15, 0.2) is 28.7 Å². The van der Waals surface area contributed by atoms with Crippen molar-refractivity contribution in [2.75, 3.05) is 0 Å². The van der Waals surface area contributed by atoms with Crippen LogP contribution < -0.4 is 5.32 Å². The molecule has 0 radical (unpaired) electrons. The van der Waals surface area contributed by atoms with E-state index in [-0.39, 0.29) is 16.3 Å². The number of carbonyl (C=O) groups excluding carboxylic acids is 1. The number of benzene rings is 1. The molecule has 6 nitrogen and oxygen atoms in total. The average Bonchev–Trinajstić information content (AvgIpc) is 2.74. The first-order valence-corrected chi connectivity index (χ1v) is 6.54. The van der Waals surface area contributed by atoms with Gasteiger partial charge < -0.3 is 9.73 Å². The summed E-state index contributed by atoms with van der Waals surface area (Å²) in [6.07, 6.45) is 0. The largest absolute Gasteiger partial charge is 0.466 e. The molecular weight excluding hydrogens is 296 g/mol. The third-order valence-electron chi connectivity index (χ3n) is 2.99. The lowest BCUT2D eigenvalue weighted by Gasteiger charge is -2.05. The van der Waals surface area contributed by atoms with Crippen LogP contribution in [0.4, 0.5) is 5.69 Å². The van der Waals surface area contributed by atoms with Crippen LogP contribution in [0.3, 0.4) is 0 Å². The van der Waals surface area contributed by atoms with Gasteiger partial charge in [-0.2, -0.15) is 0 Å². The fourth-order valence-electron chi connectivity index (χ4n) is 1.93. The third-order valence-corrected chi connectivity index (χ3v) is 3.31. The number of halogens is 1. The van der Waals surface area contributed by atoms with E-state index < -0.39 is 10.8 Å². The molecule has 110 valence electrons. The van der Waals surface area contributed by atoms with Crippen LogP contribution in [0.1, 0.15) is 27.4 Å². The van der Waals surface area contributed by atoms with Gasteiger partial charge in [-0.25, -0.2) is 0 Å². The molecule has 0 saturated heterocycles. The Morgan fingerprint density at radius 2 is 2.10 bits per heavy atom. The lowest BCUT2D eigenvalue weighted by molar-refractivity contribution is -0.384. The van der Waals surface area contributed by atoms with Gasteiger partial charge in [-0.15, -0.1) is 0 Å². The molecule has 1 aromatic carbocycles. The molecule has 2 aromatic rings. The van der Waals surface area contributed by atoms with E-state index in [4.69, 9.17) is 16.0 Å². The fourth-order valence-corrected chi connectivity index (χ4v) is 2.12. The molecule has 0 aliphatic heterocycles. The fraction of sp³-hybridized carbons (Fsp3) is 0.214. The van der Waals surface area contributed by atoms with Crippen molar-refractivity contribution >= 4 is 23.2 Å². The van der Waals surface area contributed by atoms with Crippen molar-refractivity contribution in [3.63, 3.8) is 0 Å². The van der Waals surface area contributed by atoms with Gasteiger partial charge in [-0.05, 0) is 32.0 Å². The molecule has 0 aliphatic rings. The van der Waals surface area contributed by atoms with Crippen LogP contribution in [0.2, 0.25) is 5.02 Å². The van der Waals surface area contributed by atoms with Gasteiger partial charge in [-0.1, -0.05) is 11.6 Å². The Morgan fingerprint density at radius 3 is 2.67 bits per heavy atom. The predicted molar refractivity (Wildman–Crippen MR) is 77.5 cm³/mol. The van der Waals surface area contributed by atoms with Gasteiger partial charge in [0.15, 0.2) is 0 Å². The minimum Gasteiger partial charge on any atom is -0.466 e. The molecule has 21 heavy (non-hydrogen) atoms. The molecule has 0 spiro atoms. The van der Waals surface area contributed by atoms with Crippen molar-refractivity contribution in [1.82, 2.24) is 5.32 Å². The summed E-state index contributed by atoms with van der Waals surface area (Å²) in [5, 5.41) is 13.5. The number of nitro groups is 1. The number of aryl methyl sites for hydroxylation is 2. The van der Waals surface area contributed by atoms with E-state index in [2.05, 4.69) is 5.32 Å². The summed E-state index contributed by atoms with van der Waals surface area (Å²) in [7, 11) is 0. The summed E-state index contributed by atoms with van der Waals surface area (Å²) in [5.41, 5.74) is 0.757. The molecule has 0 aliphatic carbocycles. The minimum absolute atomic E-state index is 0.00199. The SMILES string of the molecule is Cc1cc(CNC(=O)c2ccc(Cl)c([N+](=O)[O-])c2)c(C)o1. The third kappa shape index (κ3) is 3.41. The van der Waals surface area contributed by atoms with E-state index in [1.807, 2.05) is 19.9 Å². The van der Waals surface area contributed by atoms with Gasteiger partial charge in [0.05, 0.1) is 4.92 Å². The van der Waals surface area contributed by atoms with Crippen LogP contribution in [0, 0.1) is 24.0 Å². The molecule has 0 fully saturated rings. The smallest absolute Gasteiger partial charge is 0.288 e. The maximum Gasteiger partial charge on any atom is 0.288 e. The van der Waals surface area contributed by atoms with Gasteiger partial charge in [0.2, 0.25) is 0 Å². The lowest BCUT2D eigenvalue weighted by Crippen LogP contribution is -2.22. The van der Waals surface area contributed by atoms with Crippen LogP contribution in [-0.4, -0.2) is 10.8 Å². The zero-order valence-corrected chi connectivity index (χ0v) is 12.2. The van der Waals surface area contributed by atoms with Gasteiger partial charge in [-0.3, -0.25) is 14.9 Å². The van der Waals surface area contributed by atoms with Crippen LogP contribution in [-0.2, 0) is 6.54 Å². The number of hydrogen-bond donors (Lipinski definition) is 1. The Bertz CT molecular complexity index is 709. The normalized spacial score (nSPS) is 10.4. The van der Waals surface area contributed by atoms with Gasteiger partial charge in [0.25, 0.3) is 11.6 Å². The Balaban J connectivity index is 2.12. The first-order valence-electron chi connectivity index (χ1n) is 6.16. The molecule has 1 heterocycles. The Labute approximate surface area is 125 Å². The van der Waals surface area contributed by atoms with Crippen LogP contribution >= 0.6 is 11.6 Å². The van der Waals surface area contributed by atoms with Crippen molar-refractivity contribution in [3.05, 3.63) is 62.0 Å². The highest BCUT2D eigenvalue weighted by Crippen LogP contribution is 2.25. The number of rotatable bonds is 4. The summed E-state index contributed by atoms with van der Waals surface area (Å²) >= 11 is 5.71. The first-order chi connectivity index (χ1) is 9.88. The minimum atomic E-state index is -0.622. The number of nitrogens with one attached hydrogen (secondary N) is 1. The Kier molecular flexibility index (Phi) is 4.28. The second kappa shape index (κ2) is 5.97. The average molecular weight is 309 g/mol. The molecule has 0 atom stereocenters. The van der Waals surface area contributed by atoms with Crippen molar-refractivity contribution in [2.45, 2.75) is 20.4 Å². The summed E-state index contributed by atoms with van der Waals surface area (Å²) in [4.78, 5) is 22.2. The van der Waals surface area contributed by atoms with E-state index in [1.165, 1.54) is 12.1 Å². The monoisotopic (exact) mass is 308 g/mol. The van der Waals surface area contributed by atoms with Crippen LogP contribution in [0.5, 0.6) is 0 Å². The van der Waals surface area contributed by atoms with E-state index in [0.717, 1.165) is 23.2 Å². The number of nitro benzene ring substituents is 1. The molecule has 1 aromatic heterocycles. The summed E-state index contributed by atoms with van der Waals surface area (Å²) in [6, 6.07) is 5.77. The zero-order chi connectivity index (χ0) is 15.6. The quantitative estimate of drug-likeness (QED) is 0.693. The summed E-state index contributed by atoms with van der Waals surface area (Å²) < 4.78 is 5.36. The lowest BCUT2D eigenvalue weighted by atomic mass is 10.2. The van der Waals surface area contributed by atoms with E-state index in [1.54, 1.807) is 0 Å². The van der Waals surface area contributed by atoms with E-state index in [0.29, 0.717) is 6.54 Å². The van der Waals surface area contributed by atoms with Crippen molar-refractivity contribution in [2.24, 2.45) is 0 Å². The number of hydrogen-bond acceptors (Lipinski definition) is 4. The summed E-state index contributed by atoms with van der Waals surface area (Å²) in [5.74, 6) is 1.08. The molecule has 0 bridgehead atoms. The number of furan rings is 1. The second-order valence-corrected chi connectivity index (χ2v) is 4.95. The van der Waals surface area contributed by atoms with Gasteiger partial charge >= 0.3 is 0 Å². The maximum atomic E-state index is 12.0. The highest BCUT2D eigenvalue weighted by Gasteiger charge is 2.16. The highest BCUT2D eigenvalue weighted by atomic mass is 35.5. The van der Waals surface area contributed by atoms with E-state index >= 15 is 0 Å². The van der Waals surface area contributed by atoms with E-state index in [9.17, 15) is 14.9 Å². The molecule has 1 N–H and O–H groups in total. The van der Waals surface area contributed by atoms with Crippen molar-refractivity contribution < 1.29 is 14.1 Å². The number of amides is 1. The molecule has 2 rings (SSSR count). The predicted octanol–water partition coefficient (Wildman–Crippen LogP) is 3.39. The Morgan fingerprint density at radius 1 is 1.38 bits per heavy atom. The maximum absolute atomic E-state index is 12.0.